The minimum atomic E-state index is 0.898. The summed E-state index contributed by atoms with van der Waals surface area (Å²) in [5.41, 5.74) is 2.36. The molecule has 0 saturated heterocycles. The molecule has 3 heteroatoms. The van der Waals surface area contributed by atoms with Gasteiger partial charge >= 0.3 is 0 Å². The Labute approximate surface area is 122 Å². The molecule has 20 heavy (non-hydrogen) atoms. The molecule has 0 bridgehead atoms. The zero-order valence-electron chi connectivity index (χ0n) is 13.2. The van der Waals surface area contributed by atoms with Gasteiger partial charge in [0.05, 0.1) is 14.2 Å². The van der Waals surface area contributed by atoms with Crippen LogP contribution in [-0.4, -0.2) is 32.2 Å². The second kappa shape index (κ2) is 6.98. The number of hydrogen-bond donors (Lipinski definition) is 0. The summed E-state index contributed by atoms with van der Waals surface area (Å²) < 4.78 is 11.0. The minimum Gasteiger partial charge on any atom is -0.496 e. The molecule has 0 radical (unpaired) electrons. The van der Waals surface area contributed by atoms with Gasteiger partial charge < -0.3 is 9.47 Å². The van der Waals surface area contributed by atoms with Gasteiger partial charge in [0.15, 0.2) is 0 Å². The van der Waals surface area contributed by atoms with E-state index in [1.165, 1.54) is 31.4 Å². The van der Waals surface area contributed by atoms with Crippen LogP contribution in [-0.2, 0) is 6.54 Å². The third kappa shape index (κ3) is 3.66. The maximum absolute atomic E-state index is 5.61. The molecule has 0 aliphatic heterocycles. The average Bonchev–Trinajstić information content (AvgIpc) is 3.23. The van der Waals surface area contributed by atoms with Gasteiger partial charge in [0, 0.05) is 24.2 Å². The first-order chi connectivity index (χ1) is 9.69. The number of hydrogen-bond acceptors (Lipinski definition) is 3. The highest BCUT2D eigenvalue weighted by atomic mass is 16.5. The fourth-order valence-corrected chi connectivity index (χ4v) is 2.82. The molecule has 2 rings (SSSR count). The van der Waals surface area contributed by atoms with Crippen molar-refractivity contribution in [2.45, 2.75) is 39.7 Å². The smallest absolute Gasteiger partial charge is 0.129 e. The lowest BCUT2D eigenvalue weighted by atomic mass is 10.1. The molecule has 0 N–H and O–H groups in total. The van der Waals surface area contributed by atoms with E-state index in [9.17, 15) is 0 Å². The molecular formula is C17H27NO2. The van der Waals surface area contributed by atoms with Crippen LogP contribution in [0, 0.1) is 12.8 Å². The normalized spacial score (nSPS) is 14.7. The zero-order valence-corrected chi connectivity index (χ0v) is 13.2. The molecule has 0 atom stereocenters. The summed E-state index contributed by atoms with van der Waals surface area (Å²) in [5, 5.41) is 0. The monoisotopic (exact) mass is 277 g/mol. The van der Waals surface area contributed by atoms with Gasteiger partial charge in [-0.3, -0.25) is 4.90 Å². The second-order valence-corrected chi connectivity index (χ2v) is 5.76. The summed E-state index contributed by atoms with van der Waals surface area (Å²) in [7, 11) is 3.45. The topological polar surface area (TPSA) is 21.7 Å². The molecule has 0 unspecified atom stereocenters. The van der Waals surface area contributed by atoms with Gasteiger partial charge in [0.1, 0.15) is 11.5 Å². The first kappa shape index (κ1) is 15.2. The van der Waals surface area contributed by atoms with Gasteiger partial charge in [-0.2, -0.15) is 0 Å². The van der Waals surface area contributed by atoms with Gasteiger partial charge in [0.2, 0.25) is 0 Å². The van der Waals surface area contributed by atoms with Crippen molar-refractivity contribution >= 4 is 0 Å². The molecule has 3 nitrogen and oxygen atoms in total. The molecular weight excluding hydrogens is 250 g/mol. The van der Waals surface area contributed by atoms with E-state index in [-0.39, 0.29) is 0 Å². The zero-order chi connectivity index (χ0) is 14.5. The Morgan fingerprint density at radius 3 is 2.50 bits per heavy atom. The molecule has 0 spiro atoms. The molecule has 1 saturated carbocycles. The predicted molar refractivity (Wildman–Crippen MR) is 82.6 cm³/mol. The van der Waals surface area contributed by atoms with E-state index < -0.39 is 0 Å². The van der Waals surface area contributed by atoms with E-state index in [2.05, 4.69) is 30.9 Å². The van der Waals surface area contributed by atoms with Crippen molar-refractivity contribution < 1.29 is 9.47 Å². The molecule has 0 heterocycles. The highest BCUT2D eigenvalue weighted by molar-refractivity contribution is 5.49. The molecule has 0 amide bonds. The first-order valence-electron chi connectivity index (χ1n) is 7.62. The lowest BCUT2D eigenvalue weighted by molar-refractivity contribution is 0.250. The predicted octanol–water partition coefficient (Wildman–Crippen LogP) is 3.63. The van der Waals surface area contributed by atoms with E-state index in [4.69, 9.17) is 9.47 Å². The Balaban J connectivity index is 2.15. The summed E-state index contributed by atoms with van der Waals surface area (Å²) in [6, 6.07) is 4.19. The fraction of sp³-hybridized carbons (Fsp3) is 0.647. The van der Waals surface area contributed by atoms with Gasteiger partial charge in [0.25, 0.3) is 0 Å². The van der Waals surface area contributed by atoms with Crippen LogP contribution in [0.25, 0.3) is 0 Å². The second-order valence-electron chi connectivity index (χ2n) is 5.76. The van der Waals surface area contributed by atoms with Gasteiger partial charge in [-0.25, -0.2) is 0 Å². The third-order valence-corrected chi connectivity index (χ3v) is 4.01. The molecule has 1 aliphatic carbocycles. The Hall–Kier alpha value is -1.22. The molecule has 1 aromatic carbocycles. The average molecular weight is 277 g/mol. The SMILES string of the molecule is CCCN(Cc1ccc(OC)c(C)c1OC)CC1CC1. The first-order valence-corrected chi connectivity index (χ1v) is 7.62. The highest BCUT2D eigenvalue weighted by Gasteiger charge is 2.24. The lowest BCUT2D eigenvalue weighted by Crippen LogP contribution is -2.26. The summed E-state index contributed by atoms with van der Waals surface area (Å²) in [5.74, 6) is 2.79. The van der Waals surface area contributed by atoms with E-state index in [0.29, 0.717) is 0 Å². The summed E-state index contributed by atoms with van der Waals surface area (Å²) >= 11 is 0. The van der Waals surface area contributed by atoms with Crippen molar-refractivity contribution in [3.05, 3.63) is 23.3 Å². The Bertz CT molecular complexity index is 441. The van der Waals surface area contributed by atoms with Crippen LogP contribution in [0.4, 0.5) is 0 Å². The van der Waals surface area contributed by atoms with Crippen LogP contribution < -0.4 is 9.47 Å². The number of nitrogens with zero attached hydrogens (tertiary/aromatic N) is 1. The van der Waals surface area contributed by atoms with Crippen molar-refractivity contribution in [2.75, 3.05) is 27.3 Å². The van der Waals surface area contributed by atoms with Crippen molar-refractivity contribution in [3.8, 4) is 11.5 Å². The number of methoxy groups -OCH3 is 2. The molecule has 0 aromatic heterocycles. The standard InChI is InChI=1S/C17H27NO2/c1-5-10-18(11-14-6-7-14)12-15-8-9-16(19-3)13(2)17(15)20-4/h8-9,14H,5-7,10-12H2,1-4H3. The molecule has 112 valence electrons. The van der Waals surface area contributed by atoms with Crippen LogP contribution in [0.3, 0.4) is 0 Å². The minimum absolute atomic E-state index is 0.898. The van der Waals surface area contributed by atoms with Crippen LogP contribution in [0.1, 0.15) is 37.3 Å². The summed E-state index contributed by atoms with van der Waals surface area (Å²) in [6.45, 7) is 7.66. The largest absolute Gasteiger partial charge is 0.496 e. The Morgan fingerprint density at radius 1 is 1.20 bits per heavy atom. The molecule has 1 fully saturated rings. The van der Waals surface area contributed by atoms with E-state index in [1.54, 1.807) is 14.2 Å². The van der Waals surface area contributed by atoms with Crippen molar-refractivity contribution in [1.82, 2.24) is 4.90 Å². The number of rotatable bonds is 8. The Kier molecular flexibility index (Phi) is 5.30. The number of ether oxygens (including phenoxy) is 2. The van der Waals surface area contributed by atoms with Crippen molar-refractivity contribution in [1.29, 1.82) is 0 Å². The maximum atomic E-state index is 5.61. The van der Waals surface area contributed by atoms with Crippen molar-refractivity contribution in [2.24, 2.45) is 5.92 Å². The lowest BCUT2D eigenvalue weighted by Gasteiger charge is -2.23. The van der Waals surface area contributed by atoms with Gasteiger partial charge in [-0.15, -0.1) is 0 Å². The summed E-state index contributed by atoms with van der Waals surface area (Å²) in [4.78, 5) is 2.56. The van der Waals surface area contributed by atoms with Crippen LogP contribution in [0.15, 0.2) is 12.1 Å². The van der Waals surface area contributed by atoms with Crippen LogP contribution >= 0.6 is 0 Å². The van der Waals surface area contributed by atoms with Crippen molar-refractivity contribution in [3.63, 3.8) is 0 Å². The van der Waals surface area contributed by atoms with Gasteiger partial charge in [-0.05, 0) is 44.7 Å². The maximum Gasteiger partial charge on any atom is 0.129 e. The van der Waals surface area contributed by atoms with Crippen LogP contribution in [0.5, 0.6) is 11.5 Å². The van der Waals surface area contributed by atoms with Gasteiger partial charge in [-0.1, -0.05) is 13.0 Å². The van der Waals surface area contributed by atoms with E-state index in [0.717, 1.165) is 36.1 Å². The Morgan fingerprint density at radius 2 is 1.95 bits per heavy atom. The molecule has 1 aliphatic rings. The fourth-order valence-electron chi connectivity index (χ4n) is 2.82. The van der Waals surface area contributed by atoms with E-state index in [1.807, 2.05) is 0 Å². The van der Waals surface area contributed by atoms with Crippen LogP contribution in [0.2, 0.25) is 0 Å². The third-order valence-electron chi connectivity index (χ3n) is 4.01. The molecule has 1 aromatic rings. The quantitative estimate of drug-likeness (QED) is 0.724. The highest BCUT2D eigenvalue weighted by Crippen LogP contribution is 2.34. The number of benzene rings is 1. The summed E-state index contributed by atoms with van der Waals surface area (Å²) in [6.07, 6.45) is 4.00. The van der Waals surface area contributed by atoms with E-state index >= 15 is 0 Å².